The van der Waals surface area contributed by atoms with Crippen LogP contribution in [0.5, 0.6) is 0 Å². The fraction of sp³-hybridized carbons (Fsp3) is 0.571. The number of hydrogen-bond donors (Lipinski definition) is 1. The molecule has 1 fully saturated rings. The van der Waals surface area contributed by atoms with Crippen LogP contribution in [0, 0.1) is 0 Å². The lowest BCUT2D eigenvalue weighted by atomic mass is 10.0. The van der Waals surface area contributed by atoms with Crippen molar-refractivity contribution in [1.82, 2.24) is 29.9 Å². The molecule has 3 rings (SSSR count). The molecule has 2 aromatic heterocycles. The van der Waals surface area contributed by atoms with Gasteiger partial charge in [0.1, 0.15) is 23.1 Å². The summed E-state index contributed by atoms with van der Waals surface area (Å²) in [5.74, 6) is -0.149. The smallest absolute Gasteiger partial charge is 0.250 e. The van der Waals surface area contributed by atoms with E-state index in [1.54, 1.807) is 18.7 Å². The minimum absolute atomic E-state index is 0.0732. The predicted octanol–water partition coefficient (Wildman–Crippen LogP) is 0.156. The van der Waals surface area contributed by atoms with E-state index < -0.39 is 15.4 Å². The Balaban J connectivity index is 1.79. The quantitative estimate of drug-likeness (QED) is 0.838. The number of aromatic amines is 1. The van der Waals surface area contributed by atoms with E-state index >= 15 is 0 Å². The average molecular weight is 352 g/mol. The van der Waals surface area contributed by atoms with Crippen LogP contribution in [0.25, 0.3) is 0 Å². The van der Waals surface area contributed by atoms with Crippen molar-refractivity contribution < 1.29 is 13.2 Å². The standard InChI is InChI=1S/C14H20N6O3S/c1-14(2,20-9-15-8-17-20)13(21)19-5-4-10(7-19)12-11(6-16-18-12)24(3,22)23/h6,8-10H,4-5,7H2,1-3H3,(H,16,18)/t10-/m1/s1. The molecule has 1 saturated heterocycles. The van der Waals surface area contributed by atoms with Gasteiger partial charge in [0.15, 0.2) is 9.84 Å². The van der Waals surface area contributed by atoms with Crippen LogP contribution >= 0.6 is 0 Å². The van der Waals surface area contributed by atoms with Crippen molar-refractivity contribution in [2.45, 2.75) is 36.6 Å². The van der Waals surface area contributed by atoms with Crippen molar-refractivity contribution in [1.29, 1.82) is 0 Å². The summed E-state index contributed by atoms with van der Waals surface area (Å²) in [7, 11) is -3.35. The first-order chi connectivity index (χ1) is 11.2. The number of nitrogens with zero attached hydrogens (tertiary/aromatic N) is 5. The highest BCUT2D eigenvalue weighted by Crippen LogP contribution is 2.32. The van der Waals surface area contributed by atoms with Crippen LogP contribution in [0.15, 0.2) is 23.7 Å². The van der Waals surface area contributed by atoms with Gasteiger partial charge in [-0.3, -0.25) is 9.89 Å². The van der Waals surface area contributed by atoms with Gasteiger partial charge >= 0.3 is 0 Å². The molecule has 0 spiro atoms. The Morgan fingerprint density at radius 2 is 2.17 bits per heavy atom. The van der Waals surface area contributed by atoms with Crippen LogP contribution in [0.4, 0.5) is 0 Å². The second-order valence-electron chi connectivity index (χ2n) is 6.56. The SMILES string of the molecule is CC(C)(C(=O)N1CC[C@@H](c2[nH]ncc2S(C)(=O)=O)C1)n1cncn1. The second kappa shape index (κ2) is 5.69. The van der Waals surface area contributed by atoms with Gasteiger partial charge in [0.05, 0.1) is 11.9 Å². The molecule has 3 heterocycles. The van der Waals surface area contributed by atoms with Crippen LogP contribution in [0.3, 0.4) is 0 Å². The van der Waals surface area contributed by atoms with Gasteiger partial charge < -0.3 is 4.90 Å². The van der Waals surface area contributed by atoms with Gasteiger partial charge in [-0.05, 0) is 20.3 Å². The highest BCUT2D eigenvalue weighted by atomic mass is 32.2. The highest BCUT2D eigenvalue weighted by Gasteiger charge is 2.39. The maximum Gasteiger partial charge on any atom is 0.250 e. The molecular weight excluding hydrogens is 332 g/mol. The maximum absolute atomic E-state index is 12.9. The zero-order chi connectivity index (χ0) is 17.5. The number of aromatic nitrogens is 5. The van der Waals surface area contributed by atoms with Crippen LogP contribution in [-0.4, -0.2) is 63.5 Å². The second-order valence-corrected chi connectivity index (χ2v) is 8.54. The number of rotatable bonds is 4. The van der Waals surface area contributed by atoms with Gasteiger partial charge in [-0.25, -0.2) is 18.1 Å². The molecule has 9 nitrogen and oxygen atoms in total. The Kier molecular flexibility index (Phi) is 3.94. The normalized spacial score (nSPS) is 19.0. The summed E-state index contributed by atoms with van der Waals surface area (Å²) in [4.78, 5) is 18.7. The van der Waals surface area contributed by atoms with Crippen LogP contribution in [-0.2, 0) is 20.2 Å². The first-order valence-electron chi connectivity index (χ1n) is 7.59. The van der Waals surface area contributed by atoms with Crippen molar-refractivity contribution in [2.24, 2.45) is 0 Å². The minimum Gasteiger partial charge on any atom is -0.340 e. The number of sulfone groups is 1. The largest absolute Gasteiger partial charge is 0.340 e. The number of carbonyl (C=O) groups is 1. The molecule has 24 heavy (non-hydrogen) atoms. The number of likely N-dealkylation sites (tertiary alicyclic amines) is 1. The van der Waals surface area contributed by atoms with Gasteiger partial charge in [0.2, 0.25) is 5.91 Å². The summed E-state index contributed by atoms with van der Waals surface area (Å²) in [6.07, 6.45) is 6.08. The molecule has 0 aliphatic carbocycles. The minimum atomic E-state index is -3.35. The Morgan fingerprint density at radius 1 is 1.42 bits per heavy atom. The molecular formula is C14H20N6O3S. The number of H-pyrrole nitrogens is 1. The third kappa shape index (κ3) is 2.81. The van der Waals surface area contributed by atoms with E-state index in [9.17, 15) is 13.2 Å². The lowest BCUT2D eigenvalue weighted by Crippen LogP contribution is -2.46. The Hall–Kier alpha value is -2.23. The van der Waals surface area contributed by atoms with E-state index in [0.717, 1.165) is 6.26 Å². The van der Waals surface area contributed by atoms with Crippen molar-refractivity contribution in [3.05, 3.63) is 24.5 Å². The maximum atomic E-state index is 12.9. The van der Waals surface area contributed by atoms with Crippen molar-refractivity contribution in [2.75, 3.05) is 19.3 Å². The summed E-state index contributed by atoms with van der Waals surface area (Å²) in [6.45, 7) is 4.58. The van der Waals surface area contributed by atoms with Crippen molar-refractivity contribution in [3.8, 4) is 0 Å². The summed E-state index contributed by atoms with van der Waals surface area (Å²) < 4.78 is 25.2. The molecule has 1 aliphatic heterocycles. The highest BCUT2D eigenvalue weighted by molar-refractivity contribution is 7.90. The number of amides is 1. The summed E-state index contributed by atoms with van der Waals surface area (Å²) in [5.41, 5.74) is -0.273. The molecule has 130 valence electrons. The van der Waals surface area contributed by atoms with Gasteiger partial charge in [-0.2, -0.15) is 10.2 Å². The number of carbonyl (C=O) groups excluding carboxylic acids is 1. The van der Waals surface area contributed by atoms with Gasteiger partial charge in [0, 0.05) is 25.3 Å². The average Bonchev–Trinajstić information content (AvgIpc) is 3.23. The van der Waals surface area contributed by atoms with Gasteiger partial charge in [-0.1, -0.05) is 0 Å². The molecule has 1 N–H and O–H groups in total. The predicted molar refractivity (Wildman–Crippen MR) is 85.0 cm³/mol. The molecule has 1 amide bonds. The van der Waals surface area contributed by atoms with E-state index in [1.165, 1.54) is 23.5 Å². The summed E-state index contributed by atoms with van der Waals surface area (Å²) in [5, 5.41) is 10.7. The molecule has 1 atom stereocenters. The number of hydrogen-bond acceptors (Lipinski definition) is 6. The third-order valence-electron chi connectivity index (χ3n) is 4.43. The monoisotopic (exact) mass is 352 g/mol. The third-order valence-corrected chi connectivity index (χ3v) is 5.55. The van der Waals surface area contributed by atoms with Gasteiger partial charge in [-0.15, -0.1) is 0 Å². The number of nitrogens with one attached hydrogen (secondary N) is 1. The van der Waals surface area contributed by atoms with E-state index in [4.69, 9.17) is 0 Å². The summed E-state index contributed by atoms with van der Waals surface area (Å²) in [6, 6.07) is 0. The first kappa shape index (κ1) is 16.6. The molecule has 0 unspecified atom stereocenters. The zero-order valence-corrected chi connectivity index (χ0v) is 14.6. The molecule has 0 radical (unpaired) electrons. The van der Waals surface area contributed by atoms with Crippen molar-refractivity contribution >= 4 is 15.7 Å². The topological polar surface area (TPSA) is 114 Å². The Morgan fingerprint density at radius 3 is 2.79 bits per heavy atom. The van der Waals surface area contributed by atoms with Crippen LogP contribution < -0.4 is 0 Å². The van der Waals surface area contributed by atoms with Gasteiger partial charge in [0.25, 0.3) is 0 Å². The molecule has 0 bridgehead atoms. The zero-order valence-electron chi connectivity index (χ0n) is 13.8. The molecule has 10 heteroatoms. The van der Waals surface area contributed by atoms with E-state index in [0.29, 0.717) is 25.2 Å². The molecule has 0 aromatic carbocycles. The van der Waals surface area contributed by atoms with Crippen molar-refractivity contribution in [3.63, 3.8) is 0 Å². The fourth-order valence-corrected chi connectivity index (χ4v) is 3.89. The lowest BCUT2D eigenvalue weighted by molar-refractivity contribution is -0.138. The molecule has 0 saturated carbocycles. The first-order valence-corrected chi connectivity index (χ1v) is 9.48. The Labute approximate surface area is 140 Å². The van der Waals surface area contributed by atoms with Crippen LogP contribution in [0.1, 0.15) is 31.9 Å². The lowest BCUT2D eigenvalue weighted by Gasteiger charge is -2.29. The summed E-state index contributed by atoms with van der Waals surface area (Å²) >= 11 is 0. The van der Waals surface area contributed by atoms with E-state index in [-0.39, 0.29) is 16.7 Å². The van der Waals surface area contributed by atoms with Crippen LogP contribution in [0.2, 0.25) is 0 Å². The fourth-order valence-electron chi connectivity index (χ4n) is 3.04. The molecule has 2 aromatic rings. The Bertz CT molecular complexity index is 840. The van der Waals surface area contributed by atoms with E-state index in [1.807, 2.05) is 0 Å². The van der Waals surface area contributed by atoms with E-state index in [2.05, 4.69) is 20.3 Å². The molecule has 1 aliphatic rings.